The van der Waals surface area contributed by atoms with Crippen LogP contribution in [0.4, 0.5) is 5.69 Å². The lowest BCUT2D eigenvalue weighted by Gasteiger charge is -2.27. The Labute approximate surface area is 123 Å². The van der Waals surface area contributed by atoms with Gasteiger partial charge in [-0.2, -0.15) is 0 Å². The average molecular weight is 299 g/mol. The topological polar surface area (TPSA) is 102 Å². The molecule has 0 spiro atoms. The van der Waals surface area contributed by atoms with Gasteiger partial charge in [-0.3, -0.25) is 10.1 Å². The number of methoxy groups -OCH3 is 1. The molecule has 0 aliphatic heterocycles. The highest BCUT2D eigenvalue weighted by Gasteiger charge is 2.27. The molecule has 21 heavy (non-hydrogen) atoms. The zero-order valence-corrected chi connectivity index (χ0v) is 12.6. The molecule has 0 heterocycles. The summed E-state index contributed by atoms with van der Waals surface area (Å²) in [6.07, 6.45) is 0. The Morgan fingerprint density at radius 1 is 1.38 bits per heavy atom. The zero-order valence-electron chi connectivity index (χ0n) is 12.6. The normalized spacial score (nSPS) is 13.9. The summed E-state index contributed by atoms with van der Waals surface area (Å²) in [6, 6.07) is 2.55. The molecule has 1 aromatic rings. The fraction of sp³-hybridized carbons (Fsp3) is 0.571. The van der Waals surface area contributed by atoms with Crippen molar-refractivity contribution < 1.29 is 24.6 Å². The minimum Gasteiger partial charge on any atom is -0.493 e. The van der Waals surface area contributed by atoms with E-state index in [4.69, 9.17) is 14.6 Å². The molecule has 0 bridgehead atoms. The molecule has 7 heteroatoms. The first-order valence-electron chi connectivity index (χ1n) is 6.54. The SMILES string of the molecule is COc1cc(CO)c([N+](=O)[O-])cc1OCC(C)(O)C(C)C. The van der Waals surface area contributed by atoms with Gasteiger partial charge in [0.15, 0.2) is 11.5 Å². The molecule has 0 aromatic heterocycles. The first kappa shape index (κ1) is 17.2. The van der Waals surface area contributed by atoms with Gasteiger partial charge in [-0.15, -0.1) is 0 Å². The number of aliphatic hydroxyl groups excluding tert-OH is 1. The van der Waals surface area contributed by atoms with Crippen LogP contribution in [0, 0.1) is 16.0 Å². The highest BCUT2D eigenvalue weighted by Crippen LogP contribution is 2.35. The van der Waals surface area contributed by atoms with E-state index in [2.05, 4.69) is 0 Å². The number of aliphatic hydroxyl groups is 2. The Morgan fingerprint density at radius 2 is 2.00 bits per heavy atom. The summed E-state index contributed by atoms with van der Waals surface area (Å²) in [6.45, 7) is 4.81. The van der Waals surface area contributed by atoms with Gasteiger partial charge >= 0.3 is 0 Å². The van der Waals surface area contributed by atoms with E-state index < -0.39 is 17.1 Å². The van der Waals surface area contributed by atoms with Crippen LogP contribution in [0.1, 0.15) is 26.3 Å². The van der Waals surface area contributed by atoms with Gasteiger partial charge < -0.3 is 19.7 Å². The molecule has 0 aliphatic carbocycles. The van der Waals surface area contributed by atoms with Crippen LogP contribution < -0.4 is 9.47 Å². The van der Waals surface area contributed by atoms with Crippen molar-refractivity contribution in [1.29, 1.82) is 0 Å². The third kappa shape index (κ3) is 4.05. The van der Waals surface area contributed by atoms with E-state index in [0.29, 0.717) is 0 Å². The van der Waals surface area contributed by atoms with Crippen LogP contribution in [0.15, 0.2) is 12.1 Å². The number of benzene rings is 1. The summed E-state index contributed by atoms with van der Waals surface area (Å²) >= 11 is 0. The first-order chi connectivity index (χ1) is 9.72. The van der Waals surface area contributed by atoms with Crippen LogP contribution in [0.2, 0.25) is 0 Å². The number of nitrogens with zero attached hydrogens (tertiary/aromatic N) is 1. The lowest BCUT2D eigenvalue weighted by atomic mass is 9.94. The molecule has 1 aromatic carbocycles. The molecule has 0 amide bonds. The molecule has 0 aliphatic rings. The molecule has 7 nitrogen and oxygen atoms in total. The van der Waals surface area contributed by atoms with Gasteiger partial charge in [-0.1, -0.05) is 13.8 Å². The van der Waals surface area contributed by atoms with E-state index in [9.17, 15) is 15.2 Å². The molecule has 118 valence electrons. The fourth-order valence-electron chi connectivity index (χ4n) is 1.55. The first-order valence-corrected chi connectivity index (χ1v) is 6.54. The molecule has 0 fully saturated rings. The highest BCUT2D eigenvalue weighted by atomic mass is 16.6. The summed E-state index contributed by atoms with van der Waals surface area (Å²) < 4.78 is 10.6. The number of nitro groups is 1. The maximum atomic E-state index is 11.0. The van der Waals surface area contributed by atoms with Gasteiger partial charge in [-0.25, -0.2) is 0 Å². The summed E-state index contributed by atoms with van der Waals surface area (Å²) in [5.74, 6) is 0.377. The summed E-state index contributed by atoms with van der Waals surface area (Å²) in [4.78, 5) is 10.4. The van der Waals surface area contributed by atoms with Crippen molar-refractivity contribution in [3.8, 4) is 11.5 Å². The van der Waals surface area contributed by atoms with Crippen molar-refractivity contribution in [3.05, 3.63) is 27.8 Å². The summed E-state index contributed by atoms with van der Waals surface area (Å²) in [5.41, 5.74) is -1.19. The Bertz CT molecular complexity index is 512. The second-order valence-corrected chi connectivity index (χ2v) is 5.35. The largest absolute Gasteiger partial charge is 0.493 e. The monoisotopic (exact) mass is 299 g/mol. The molecule has 1 unspecified atom stereocenters. The fourth-order valence-corrected chi connectivity index (χ4v) is 1.55. The van der Waals surface area contributed by atoms with Crippen LogP contribution in [0.3, 0.4) is 0 Å². The van der Waals surface area contributed by atoms with Crippen molar-refractivity contribution in [2.45, 2.75) is 33.0 Å². The van der Waals surface area contributed by atoms with Crippen LogP contribution in [0.5, 0.6) is 11.5 Å². The zero-order chi connectivity index (χ0) is 16.2. The van der Waals surface area contributed by atoms with E-state index in [1.54, 1.807) is 6.92 Å². The molecular weight excluding hydrogens is 278 g/mol. The minimum atomic E-state index is -1.07. The lowest BCUT2D eigenvalue weighted by Crippen LogP contribution is -2.37. The Morgan fingerprint density at radius 3 is 2.43 bits per heavy atom. The molecular formula is C14H21NO6. The Kier molecular flexibility index (Phi) is 5.51. The molecule has 1 rings (SSSR count). The van der Waals surface area contributed by atoms with Crippen molar-refractivity contribution >= 4 is 5.69 Å². The maximum absolute atomic E-state index is 11.0. The highest BCUT2D eigenvalue weighted by molar-refractivity contribution is 5.54. The third-order valence-corrected chi connectivity index (χ3v) is 3.50. The van der Waals surface area contributed by atoms with E-state index in [1.165, 1.54) is 19.2 Å². The number of hydrogen-bond acceptors (Lipinski definition) is 6. The molecule has 2 N–H and O–H groups in total. The molecule has 1 atom stereocenters. The summed E-state index contributed by atoms with van der Waals surface area (Å²) in [7, 11) is 1.40. The van der Waals surface area contributed by atoms with Crippen molar-refractivity contribution in [3.63, 3.8) is 0 Å². The molecule has 0 radical (unpaired) electrons. The second-order valence-electron chi connectivity index (χ2n) is 5.35. The van der Waals surface area contributed by atoms with Crippen LogP contribution in [-0.2, 0) is 6.61 Å². The van der Waals surface area contributed by atoms with Gasteiger partial charge in [0.2, 0.25) is 0 Å². The van der Waals surface area contributed by atoms with Crippen molar-refractivity contribution in [2.24, 2.45) is 5.92 Å². The van der Waals surface area contributed by atoms with Gasteiger partial charge in [0.05, 0.1) is 35.9 Å². The van der Waals surface area contributed by atoms with Gasteiger partial charge in [0.1, 0.15) is 6.61 Å². The van der Waals surface area contributed by atoms with Gasteiger partial charge in [0, 0.05) is 0 Å². The van der Waals surface area contributed by atoms with Gasteiger partial charge in [0.25, 0.3) is 5.69 Å². The molecule has 0 saturated carbocycles. The van der Waals surface area contributed by atoms with E-state index >= 15 is 0 Å². The average Bonchev–Trinajstić information content (AvgIpc) is 2.43. The second kappa shape index (κ2) is 6.73. The number of ether oxygens (including phenoxy) is 2. The number of rotatable bonds is 7. The van der Waals surface area contributed by atoms with Gasteiger partial charge in [-0.05, 0) is 18.9 Å². The van der Waals surface area contributed by atoms with Crippen LogP contribution in [0.25, 0.3) is 0 Å². The summed E-state index contributed by atoms with van der Waals surface area (Å²) in [5, 5.41) is 30.3. The lowest BCUT2D eigenvalue weighted by molar-refractivity contribution is -0.386. The minimum absolute atomic E-state index is 0.0311. The quantitative estimate of drug-likeness (QED) is 0.588. The standard InChI is InChI=1S/C14H21NO6/c1-9(2)14(3,17)8-21-13-6-11(15(18)19)10(7-16)5-12(13)20-4/h5-6,9,16-17H,7-8H2,1-4H3. The van der Waals surface area contributed by atoms with E-state index in [-0.39, 0.29) is 35.3 Å². The Hall–Kier alpha value is -1.86. The van der Waals surface area contributed by atoms with Crippen molar-refractivity contribution in [2.75, 3.05) is 13.7 Å². The number of nitro benzene ring substituents is 1. The van der Waals surface area contributed by atoms with E-state index in [1.807, 2.05) is 13.8 Å². The van der Waals surface area contributed by atoms with Crippen molar-refractivity contribution in [1.82, 2.24) is 0 Å². The predicted octanol–water partition coefficient (Wildman–Crippen LogP) is 1.88. The predicted molar refractivity (Wildman–Crippen MR) is 76.5 cm³/mol. The Balaban J connectivity index is 3.11. The molecule has 0 saturated heterocycles. The van der Waals surface area contributed by atoms with E-state index in [0.717, 1.165) is 0 Å². The smallest absolute Gasteiger partial charge is 0.278 e. The third-order valence-electron chi connectivity index (χ3n) is 3.50. The van der Waals surface area contributed by atoms with Crippen LogP contribution >= 0.6 is 0 Å². The van der Waals surface area contributed by atoms with Crippen LogP contribution in [-0.4, -0.2) is 34.5 Å². The number of hydrogen-bond donors (Lipinski definition) is 2. The maximum Gasteiger partial charge on any atom is 0.278 e.